The Morgan fingerprint density at radius 3 is 2.90 bits per heavy atom. The molecule has 2 heterocycles. The Labute approximate surface area is 118 Å². The van der Waals surface area contributed by atoms with Gasteiger partial charge < -0.3 is 4.74 Å². The zero-order valence-electron chi connectivity index (χ0n) is 12.1. The third kappa shape index (κ3) is 2.11. The van der Waals surface area contributed by atoms with E-state index in [-0.39, 0.29) is 5.78 Å². The molecule has 0 amide bonds. The van der Waals surface area contributed by atoms with Crippen LogP contribution in [0.2, 0.25) is 0 Å². The predicted octanol–water partition coefficient (Wildman–Crippen LogP) is 2.40. The Morgan fingerprint density at radius 2 is 2.20 bits per heavy atom. The summed E-state index contributed by atoms with van der Waals surface area (Å²) in [5, 5.41) is 4.36. The summed E-state index contributed by atoms with van der Waals surface area (Å²) in [5.41, 5.74) is 4.92. The standard InChI is InChI=1S/C16H18N2O2/c1-10-14(11(2)18(3)17-10)9-15(19)12-4-5-16-13(8-12)6-7-20-16/h4-5,8H,6-7,9H2,1-3H3. The largest absolute Gasteiger partial charge is 0.493 e. The van der Waals surface area contributed by atoms with Crippen LogP contribution in [-0.4, -0.2) is 22.2 Å². The molecule has 20 heavy (non-hydrogen) atoms. The molecule has 0 saturated carbocycles. The Hall–Kier alpha value is -2.10. The number of fused-ring (bicyclic) bond motifs is 1. The van der Waals surface area contributed by atoms with E-state index in [0.29, 0.717) is 13.0 Å². The number of hydrogen-bond acceptors (Lipinski definition) is 3. The highest BCUT2D eigenvalue weighted by Gasteiger charge is 2.18. The number of carbonyl (C=O) groups is 1. The summed E-state index contributed by atoms with van der Waals surface area (Å²) in [5.74, 6) is 1.05. The molecule has 2 aromatic rings. The van der Waals surface area contributed by atoms with E-state index in [9.17, 15) is 4.79 Å². The maximum atomic E-state index is 12.4. The normalized spacial score (nSPS) is 13.2. The summed E-state index contributed by atoms with van der Waals surface area (Å²) < 4.78 is 7.30. The van der Waals surface area contributed by atoms with Crippen molar-refractivity contribution in [2.75, 3.05) is 6.61 Å². The van der Waals surface area contributed by atoms with Crippen molar-refractivity contribution in [2.24, 2.45) is 7.05 Å². The van der Waals surface area contributed by atoms with Crippen molar-refractivity contribution in [1.29, 1.82) is 0 Å². The molecule has 0 radical (unpaired) electrons. The summed E-state index contributed by atoms with van der Waals surface area (Å²) >= 11 is 0. The molecule has 4 nitrogen and oxygen atoms in total. The second-order valence-corrected chi connectivity index (χ2v) is 5.29. The smallest absolute Gasteiger partial charge is 0.167 e. The predicted molar refractivity (Wildman–Crippen MR) is 76.4 cm³/mol. The van der Waals surface area contributed by atoms with Crippen molar-refractivity contribution in [3.05, 3.63) is 46.3 Å². The van der Waals surface area contributed by atoms with Crippen molar-refractivity contribution < 1.29 is 9.53 Å². The average Bonchev–Trinajstić information content (AvgIpc) is 2.98. The lowest BCUT2D eigenvalue weighted by atomic mass is 9.99. The van der Waals surface area contributed by atoms with Crippen LogP contribution in [0, 0.1) is 13.8 Å². The summed E-state index contributed by atoms with van der Waals surface area (Å²) in [4.78, 5) is 12.4. The number of benzene rings is 1. The molecular formula is C16H18N2O2. The van der Waals surface area contributed by atoms with Crippen LogP contribution in [0.3, 0.4) is 0 Å². The monoisotopic (exact) mass is 270 g/mol. The Kier molecular flexibility index (Phi) is 3.08. The number of aryl methyl sites for hydroxylation is 2. The summed E-state index contributed by atoms with van der Waals surface area (Å²) in [6, 6.07) is 5.72. The van der Waals surface area contributed by atoms with E-state index in [1.165, 1.54) is 0 Å². The van der Waals surface area contributed by atoms with Gasteiger partial charge in [-0.1, -0.05) is 0 Å². The van der Waals surface area contributed by atoms with Gasteiger partial charge in [-0.2, -0.15) is 5.10 Å². The molecule has 4 heteroatoms. The first kappa shape index (κ1) is 12.9. The fourth-order valence-electron chi connectivity index (χ4n) is 2.70. The van der Waals surface area contributed by atoms with Gasteiger partial charge in [-0.3, -0.25) is 9.48 Å². The van der Waals surface area contributed by atoms with Gasteiger partial charge in [0.15, 0.2) is 5.78 Å². The molecule has 3 rings (SSSR count). The number of ether oxygens (including phenoxy) is 1. The molecule has 0 aliphatic carbocycles. The van der Waals surface area contributed by atoms with Gasteiger partial charge in [0.05, 0.1) is 12.3 Å². The minimum absolute atomic E-state index is 0.138. The molecule has 1 aliphatic rings. The molecule has 104 valence electrons. The van der Waals surface area contributed by atoms with Crippen LogP contribution in [0.25, 0.3) is 0 Å². The van der Waals surface area contributed by atoms with E-state index in [4.69, 9.17) is 4.74 Å². The zero-order valence-corrected chi connectivity index (χ0v) is 12.1. The number of nitrogens with zero attached hydrogens (tertiary/aromatic N) is 2. The lowest BCUT2D eigenvalue weighted by Crippen LogP contribution is -2.06. The fourth-order valence-corrected chi connectivity index (χ4v) is 2.70. The van der Waals surface area contributed by atoms with Gasteiger partial charge in [0.2, 0.25) is 0 Å². The van der Waals surface area contributed by atoms with Gasteiger partial charge in [-0.25, -0.2) is 0 Å². The van der Waals surface area contributed by atoms with Crippen molar-refractivity contribution in [1.82, 2.24) is 9.78 Å². The van der Waals surface area contributed by atoms with Gasteiger partial charge in [0.25, 0.3) is 0 Å². The summed E-state index contributed by atoms with van der Waals surface area (Å²) in [6.45, 7) is 4.67. The molecule has 0 unspecified atom stereocenters. The van der Waals surface area contributed by atoms with Crippen LogP contribution < -0.4 is 4.74 Å². The van der Waals surface area contributed by atoms with E-state index in [2.05, 4.69) is 5.10 Å². The SMILES string of the molecule is Cc1nn(C)c(C)c1CC(=O)c1ccc2c(c1)CCO2. The molecule has 1 aromatic heterocycles. The van der Waals surface area contributed by atoms with Crippen LogP contribution >= 0.6 is 0 Å². The van der Waals surface area contributed by atoms with E-state index >= 15 is 0 Å². The molecule has 0 saturated heterocycles. The van der Waals surface area contributed by atoms with Crippen molar-refractivity contribution in [3.8, 4) is 5.75 Å². The van der Waals surface area contributed by atoms with E-state index in [0.717, 1.165) is 40.2 Å². The zero-order chi connectivity index (χ0) is 14.3. The van der Waals surface area contributed by atoms with Crippen LogP contribution in [-0.2, 0) is 19.9 Å². The lowest BCUT2D eigenvalue weighted by molar-refractivity contribution is 0.0992. The van der Waals surface area contributed by atoms with E-state index in [1.807, 2.05) is 43.8 Å². The topological polar surface area (TPSA) is 44.1 Å². The van der Waals surface area contributed by atoms with Crippen molar-refractivity contribution in [2.45, 2.75) is 26.7 Å². The Bertz CT molecular complexity index is 686. The second-order valence-electron chi connectivity index (χ2n) is 5.29. The second kappa shape index (κ2) is 4.78. The van der Waals surface area contributed by atoms with E-state index in [1.54, 1.807) is 0 Å². The molecule has 1 aromatic carbocycles. The number of hydrogen-bond donors (Lipinski definition) is 0. The highest BCUT2D eigenvalue weighted by Crippen LogP contribution is 2.26. The molecule has 0 fully saturated rings. The van der Waals surface area contributed by atoms with Gasteiger partial charge in [0, 0.05) is 36.7 Å². The van der Waals surface area contributed by atoms with Gasteiger partial charge in [0.1, 0.15) is 5.75 Å². The molecule has 1 aliphatic heterocycles. The molecule has 0 N–H and O–H groups in total. The highest BCUT2D eigenvalue weighted by atomic mass is 16.5. The van der Waals surface area contributed by atoms with Crippen LogP contribution in [0.15, 0.2) is 18.2 Å². The summed E-state index contributed by atoms with van der Waals surface area (Å²) in [6.07, 6.45) is 1.30. The minimum atomic E-state index is 0.138. The first-order valence-electron chi connectivity index (χ1n) is 6.84. The van der Waals surface area contributed by atoms with Crippen LogP contribution in [0.5, 0.6) is 5.75 Å². The van der Waals surface area contributed by atoms with E-state index < -0.39 is 0 Å². The Balaban J connectivity index is 1.86. The average molecular weight is 270 g/mol. The summed E-state index contributed by atoms with van der Waals surface area (Å²) in [7, 11) is 1.91. The third-order valence-corrected chi connectivity index (χ3v) is 4.01. The number of rotatable bonds is 3. The number of Topliss-reactive ketones (excluding diaryl/α,β-unsaturated/α-hetero) is 1. The molecule has 0 atom stereocenters. The number of carbonyl (C=O) groups excluding carboxylic acids is 1. The van der Waals surface area contributed by atoms with Crippen LogP contribution in [0.4, 0.5) is 0 Å². The number of ketones is 1. The first-order valence-corrected chi connectivity index (χ1v) is 6.84. The molecular weight excluding hydrogens is 252 g/mol. The lowest BCUT2D eigenvalue weighted by Gasteiger charge is -2.04. The van der Waals surface area contributed by atoms with Gasteiger partial charge in [-0.15, -0.1) is 0 Å². The number of aromatic nitrogens is 2. The van der Waals surface area contributed by atoms with Gasteiger partial charge >= 0.3 is 0 Å². The molecule has 0 spiro atoms. The van der Waals surface area contributed by atoms with Crippen molar-refractivity contribution >= 4 is 5.78 Å². The fraction of sp³-hybridized carbons (Fsp3) is 0.375. The molecule has 0 bridgehead atoms. The van der Waals surface area contributed by atoms with Gasteiger partial charge in [-0.05, 0) is 37.6 Å². The van der Waals surface area contributed by atoms with Crippen LogP contribution in [0.1, 0.15) is 32.9 Å². The van der Waals surface area contributed by atoms with Crippen molar-refractivity contribution in [3.63, 3.8) is 0 Å². The first-order chi connectivity index (χ1) is 9.56. The minimum Gasteiger partial charge on any atom is -0.493 e. The Morgan fingerprint density at radius 1 is 1.40 bits per heavy atom. The maximum absolute atomic E-state index is 12.4. The third-order valence-electron chi connectivity index (χ3n) is 4.01. The quantitative estimate of drug-likeness (QED) is 0.804. The maximum Gasteiger partial charge on any atom is 0.167 e. The highest BCUT2D eigenvalue weighted by molar-refractivity contribution is 5.98.